The summed E-state index contributed by atoms with van der Waals surface area (Å²) in [7, 11) is 0. The normalized spacial score (nSPS) is 19.3. The van der Waals surface area contributed by atoms with Crippen molar-refractivity contribution < 1.29 is 9.59 Å². The molecule has 4 rings (SSSR count). The van der Waals surface area contributed by atoms with Crippen LogP contribution in [-0.4, -0.2) is 53.3 Å². The molecule has 2 heterocycles. The van der Waals surface area contributed by atoms with Crippen LogP contribution in [0.25, 0.3) is 10.6 Å². The first-order valence-corrected chi connectivity index (χ1v) is 9.91. The van der Waals surface area contributed by atoms with Gasteiger partial charge in [-0.25, -0.2) is 4.98 Å². The molecule has 1 aromatic carbocycles. The Morgan fingerprint density at radius 3 is 2.62 bits per heavy atom. The molecule has 0 spiro atoms. The third kappa shape index (κ3) is 3.49. The van der Waals surface area contributed by atoms with E-state index in [4.69, 9.17) is 11.6 Å². The molecule has 0 N–H and O–H groups in total. The molecule has 0 unspecified atom stereocenters. The highest BCUT2D eigenvalue weighted by Crippen LogP contribution is 2.32. The number of hydrogen-bond donors (Lipinski definition) is 0. The minimum absolute atomic E-state index is 0.0720. The number of nitrogens with zero attached hydrogens (tertiary/aromatic N) is 3. The highest BCUT2D eigenvalue weighted by atomic mass is 35.5. The fourth-order valence-corrected chi connectivity index (χ4v) is 4.42. The lowest BCUT2D eigenvalue weighted by atomic mass is 9.98. The van der Waals surface area contributed by atoms with Crippen LogP contribution in [-0.2, 0) is 0 Å². The number of halogens is 1. The van der Waals surface area contributed by atoms with Crippen molar-refractivity contribution in [1.29, 1.82) is 0 Å². The highest BCUT2D eigenvalue weighted by molar-refractivity contribution is 7.17. The Morgan fingerprint density at radius 2 is 1.88 bits per heavy atom. The van der Waals surface area contributed by atoms with Gasteiger partial charge in [0.25, 0.3) is 0 Å². The summed E-state index contributed by atoms with van der Waals surface area (Å²) in [5, 5.41) is 1.29. The van der Waals surface area contributed by atoms with Crippen molar-refractivity contribution >= 4 is 40.2 Å². The van der Waals surface area contributed by atoms with Gasteiger partial charge in [-0.05, 0) is 38.1 Å². The van der Waals surface area contributed by atoms with Gasteiger partial charge in [-0.1, -0.05) is 23.7 Å². The van der Waals surface area contributed by atoms with Gasteiger partial charge in [-0.15, -0.1) is 11.3 Å². The van der Waals surface area contributed by atoms with Gasteiger partial charge in [0.05, 0.1) is 18.7 Å². The Balaban J connectivity index is 1.55. The van der Waals surface area contributed by atoms with Gasteiger partial charge in [0.2, 0.25) is 5.78 Å². The van der Waals surface area contributed by atoms with E-state index in [0.717, 1.165) is 25.2 Å². The first-order chi connectivity index (χ1) is 12.6. The second kappa shape index (κ2) is 7.39. The molecule has 0 saturated carbocycles. The Kier molecular flexibility index (Phi) is 4.98. The zero-order valence-corrected chi connectivity index (χ0v) is 15.8. The molecule has 134 valence electrons. The van der Waals surface area contributed by atoms with Gasteiger partial charge in [0, 0.05) is 17.1 Å². The number of likely N-dealkylation sites (tertiary alicyclic amines) is 1. The first kappa shape index (κ1) is 17.5. The SMILES string of the molecule is O=C1C(=NCCN2CCCC2)CC(=O)c2sc(-c3ccc(Cl)cc3)nc21. The standard InChI is InChI=1S/C19H18ClN3O2S/c20-13-5-3-12(4-6-13)19-22-16-17(25)14(11-15(24)18(16)26-19)21-7-10-23-8-1-2-9-23/h3-6H,1-2,7-11H2. The predicted octanol–water partition coefficient (Wildman–Crippen LogP) is 3.77. The fraction of sp³-hybridized carbons (Fsp3) is 0.368. The molecule has 1 saturated heterocycles. The summed E-state index contributed by atoms with van der Waals surface area (Å²) in [6.07, 6.45) is 2.53. The lowest BCUT2D eigenvalue weighted by Gasteiger charge is -2.14. The number of carbonyl (C=O) groups is 2. The van der Waals surface area contributed by atoms with Gasteiger partial charge in [-0.3, -0.25) is 14.6 Å². The van der Waals surface area contributed by atoms with Crippen LogP contribution < -0.4 is 0 Å². The Morgan fingerprint density at radius 1 is 1.15 bits per heavy atom. The topological polar surface area (TPSA) is 62.6 Å². The third-order valence-corrected chi connectivity index (χ3v) is 6.09. The third-order valence-electron chi connectivity index (χ3n) is 4.69. The molecular weight excluding hydrogens is 370 g/mol. The van der Waals surface area contributed by atoms with E-state index in [1.807, 2.05) is 12.1 Å². The lowest BCUT2D eigenvalue weighted by molar-refractivity contribution is 0.0966. The number of Topliss-reactive ketones (excluding diaryl/α,β-unsaturated/α-hetero) is 2. The maximum Gasteiger partial charge on any atom is 0.227 e. The van der Waals surface area contributed by atoms with Crippen LogP contribution in [0.15, 0.2) is 29.3 Å². The summed E-state index contributed by atoms with van der Waals surface area (Å²) in [5.74, 6) is -0.283. The number of fused-ring (bicyclic) bond motifs is 1. The van der Waals surface area contributed by atoms with Crippen molar-refractivity contribution in [2.24, 2.45) is 4.99 Å². The molecule has 1 fully saturated rings. The number of rotatable bonds is 4. The van der Waals surface area contributed by atoms with Gasteiger partial charge in [0.15, 0.2) is 5.78 Å². The van der Waals surface area contributed by atoms with Crippen molar-refractivity contribution in [3.8, 4) is 10.6 Å². The minimum Gasteiger partial charge on any atom is -0.301 e. The van der Waals surface area contributed by atoms with Gasteiger partial charge in [0.1, 0.15) is 15.6 Å². The molecule has 0 atom stereocenters. The van der Waals surface area contributed by atoms with Crippen molar-refractivity contribution in [2.75, 3.05) is 26.2 Å². The predicted molar refractivity (Wildman–Crippen MR) is 104 cm³/mol. The number of benzene rings is 1. The van der Waals surface area contributed by atoms with Crippen molar-refractivity contribution in [1.82, 2.24) is 9.88 Å². The summed E-state index contributed by atoms with van der Waals surface area (Å²) >= 11 is 7.18. The zero-order valence-electron chi connectivity index (χ0n) is 14.2. The largest absolute Gasteiger partial charge is 0.301 e. The average Bonchev–Trinajstić information content (AvgIpc) is 3.30. The van der Waals surface area contributed by atoms with Crippen LogP contribution in [0, 0.1) is 0 Å². The van der Waals surface area contributed by atoms with Crippen molar-refractivity contribution in [3.05, 3.63) is 39.9 Å². The van der Waals surface area contributed by atoms with Crippen molar-refractivity contribution in [3.63, 3.8) is 0 Å². The highest BCUT2D eigenvalue weighted by Gasteiger charge is 2.33. The average molecular weight is 388 g/mol. The van der Waals surface area contributed by atoms with E-state index in [9.17, 15) is 9.59 Å². The summed E-state index contributed by atoms with van der Waals surface area (Å²) in [6, 6.07) is 7.22. The Labute approximate surface area is 160 Å². The number of aromatic nitrogens is 1. The van der Waals surface area contributed by atoms with E-state index >= 15 is 0 Å². The Bertz CT molecular complexity index is 883. The maximum absolute atomic E-state index is 12.7. The second-order valence-corrected chi connectivity index (χ2v) is 7.95. The summed E-state index contributed by atoms with van der Waals surface area (Å²) in [4.78, 5) is 36.8. The van der Waals surface area contributed by atoms with E-state index in [1.54, 1.807) is 12.1 Å². The smallest absolute Gasteiger partial charge is 0.227 e. The van der Waals surface area contributed by atoms with Gasteiger partial charge in [-0.2, -0.15) is 0 Å². The molecule has 5 nitrogen and oxygen atoms in total. The number of hydrogen-bond acceptors (Lipinski definition) is 6. The summed E-state index contributed by atoms with van der Waals surface area (Å²) in [6.45, 7) is 3.58. The number of aliphatic imine (C=N–C) groups is 1. The number of ketones is 2. The molecule has 0 radical (unpaired) electrons. The molecule has 1 aliphatic heterocycles. The lowest BCUT2D eigenvalue weighted by Crippen LogP contribution is -2.28. The van der Waals surface area contributed by atoms with E-state index < -0.39 is 0 Å². The quantitative estimate of drug-likeness (QED) is 0.801. The molecule has 2 aliphatic rings. The van der Waals surface area contributed by atoms with Gasteiger partial charge >= 0.3 is 0 Å². The van der Waals surface area contributed by atoms with Gasteiger partial charge < -0.3 is 4.90 Å². The van der Waals surface area contributed by atoms with E-state index in [1.165, 1.54) is 24.2 Å². The number of carbonyl (C=O) groups excluding carboxylic acids is 2. The van der Waals surface area contributed by atoms with Crippen molar-refractivity contribution in [2.45, 2.75) is 19.3 Å². The Hall–Kier alpha value is -1.89. The molecule has 1 aromatic heterocycles. The molecule has 2 aromatic rings. The number of thiazole rings is 1. The maximum atomic E-state index is 12.7. The van der Waals surface area contributed by atoms with Crippen LogP contribution in [0.1, 0.15) is 39.4 Å². The van der Waals surface area contributed by atoms with E-state index in [2.05, 4.69) is 14.9 Å². The molecule has 26 heavy (non-hydrogen) atoms. The van der Waals surface area contributed by atoms with Crippen LogP contribution in [0.5, 0.6) is 0 Å². The van der Waals surface area contributed by atoms with Crippen LogP contribution in [0.4, 0.5) is 0 Å². The van der Waals surface area contributed by atoms with Crippen LogP contribution >= 0.6 is 22.9 Å². The molecule has 1 aliphatic carbocycles. The molecular formula is C19H18ClN3O2S. The first-order valence-electron chi connectivity index (χ1n) is 8.72. The second-order valence-electron chi connectivity index (χ2n) is 6.51. The minimum atomic E-state index is -0.211. The van der Waals surface area contributed by atoms with E-state index in [-0.39, 0.29) is 23.7 Å². The molecule has 0 amide bonds. The van der Waals surface area contributed by atoms with Crippen LogP contribution in [0.2, 0.25) is 5.02 Å². The summed E-state index contributed by atoms with van der Waals surface area (Å²) < 4.78 is 0. The fourth-order valence-electron chi connectivity index (χ4n) is 3.29. The summed E-state index contributed by atoms with van der Waals surface area (Å²) in [5.41, 5.74) is 1.44. The van der Waals surface area contributed by atoms with Crippen LogP contribution in [0.3, 0.4) is 0 Å². The zero-order chi connectivity index (χ0) is 18.1. The van der Waals surface area contributed by atoms with E-state index in [0.29, 0.717) is 27.2 Å². The molecule has 0 bridgehead atoms. The molecule has 7 heteroatoms. The monoisotopic (exact) mass is 387 g/mol.